The second-order valence-electron chi connectivity index (χ2n) is 6.91. The first kappa shape index (κ1) is 20.5. The number of carbonyl (C=O) groups is 1. The minimum Gasteiger partial charge on any atom is -0.481 e. The van der Waals surface area contributed by atoms with E-state index in [2.05, 4.69) is 34.5 Å². The summed E-state index contributed by atoms with van der Waals surface area (Å²) in [6, 6.07) is 13.7. The molecule has 1 amide bonds. The van der Waals surface area contributed by atoms with Crippen LogP contribution in [0.3, 0.4) is 0 Å². The highest BCUT2D eigenvalue weighted by molar-refractivity contribution is 6.31. The van der Waals surface area contributed by atoms with E-state index >= 15 is 0 Å². The third-order valence-electron chi connectivity index (χ3n) is 4.85. The number of benzene rings is 2. The van der Waals surface area contributed by atoms with Crippen LogP contribution in [0.25, 0.3) is 0 Å². The van der Waals surface area contributed by atoms with Gasteiger partial charge < -0.3 is 19.7 Å². The minimum atomic E-state index is -0.534. The van der Waals surface area contributed by atoms with Gasteiger partial charge in [0.2, 0.25) is 0 Å². The summed E-state index contributed by atoms with van der Waals surface area (Å²) in [5.41, 5.74) is 3.17. The molecule has 6 heteroatoms. The number of anilines is 1. The standard InChI is InChI=1S/C22H27ClN2O3/c1-3-21(28-19-8-9-20(23)16(2)14-19)22(26)24-15-17-4-6-18(7-5-17)25-10-12-27-13-11-25/h4-9,14,21H,3,10-13,15H2,1-2H3,(H,24,26). The van der Waals surface area contributed by atoms with Gasteiger partial charge in [0.05, 0.1) is 13.2 Å². The molecule has 2 aromatic rings. The monoisotopic (exact) mass is 402 g/mol. The van der Waals surface area contributed by atoms with Crippen LogP contribution in [-0.2, 0) is 16.1 Å². The third kappa shape index (κ3) is 5.40. The summed E-state index contributed by atoms with van der Waals surface area (Å²) in [4.78, 5) is 14.8. The van der Waals surface area contributed by atoms with E-state index in [1.165, 1.54) is 5.69 Å². The first-order valence-corrected chi connectivity index (χ1v) is 10.1. The molecule has 1 N–H and O–H groups in total. The Morgan fingerprint density at radius 1 is 1.21 bits per heavy atom. The van der Waals surface area contributed by atoms with Crippen LogP contribution < -0.4 is 15.0 Å². The molecular weight excluding hydrogens is 376 g/mol. The second kappa shape index (κ2) is 9.80. The van der Waals surface area contributed by atoms with Crippen LogP contribution in [0.15, 0.2) is 42.5 Å². The fraction of sp³-hybridized carbons (Fsp3) is 0.409. The molecule has 1 fully saturated rings. The van der Waals surface area contributed by atoms with Crippen LogP contribution >= 0.6 is 11.6 Å². The number of amides is 1. The van der Waals surface area contributed by atoms with Gasteiger partial charge in [-0.3, -0.25) is 4.79 Å². The smallest absolute Gasteiger partial charge is 0.261 e. The Bertz CT molecular complexity index is 789. The van der Waals surface area contributed by atoms with Gasteiger partial charge in [0.25, 0.3) is 5.91 Å². The number of nitrogens with one attached hydrogen (secondary N) is 1. The average molecular weight is 403 g/mol. The summed E-state index contributed by atoms with van der Waals surface area (Å²) in [5.74, 6) is 0.533. The molecule has 0 bridgehead atoms. The molecule has 150 valence electrons. The number of rotatable bonds is 7. The highest BCUT2D eigenvalue weighted by Gasteiger charge is 2.18. The van der Waals surface area contributed by atoms with Gasteiger partial charge in [-0.25, -0.2) is 0 Å². The number of morpholine rings is 1. The van der Waals surface area contributed by atoms with Crippen LogP contribution in [0.1, 0.15) is 24.5 Å². The van der Waals surface area contributed by atoms with Gasteiger partial charge >= 0.3 is 0 Å². The lowest BCUT2D eigenvalue weighted by Crippen LogP contribution is -2.37. The van der Waals surface area contributed by atoms with Gasteiger partial charge in [-0.15, -0.1) is 0 Å². The topological polar surface area (TPSA) is 50.8 Å². The van der Waals surface area contributed by atoms with E-state index in [0.717, 1.165) is 37.4 Å². The van der Waals surface area contributed by atoms with E-state index in [4.69, 9.17) is 21.1 Å². The zero-order valence-corrected chi connectivity index (χ0v) is 17.2. The van der Waals surface area contributed by atoms with Gasteiger partial charge in [-0.1, -0.05) is 30.7 Å². The summed E-state index contributed by atoms with van der Waals surface area (Å²) in [7, 11) is 0. The summed E-state index contributed by atoms with van der Waals surface area (Å²) in [6.07, 6.45) is 0.0527. The Kier molecular flexibility index (Phi) is 7.18. The zero-order valence-electron chi connectivity index (χ0n) is 16.4. The molecule has 0 aromatic heterocycles. The van der Waals surface area contributed by atoms with Crippen LogP contribution in [0, 0.1) is 6.92 Å². The van der Waals surface area contributed by atoms with E-state index in [0.29, 0.717) is 23.7 Å². The van der Waals surface area contributed by atoms with Gasteiger partial charge in [0.1, 0.15) is 5.75 Å². The number of carbonyl (C=O) groups excluding carboxylic acids is 1. The summed E-state index contributed by atoms with van der Waals surface area (Å²) in [5, 5.41) is 3.66. The minimum absolute atomic E-state index is 0.118. The van der Waals surface area contributed by atoms with Crippen molar-refractivity contribution in [3.8, 4) is 5.75 Å². The van der Waals surface area contributed by atoms with Crippen molar-refractivity contribution >= 4 is 23.2 Å². The molecule has 1 aliphatic rings. The summed E-state index contributed by atoms with van der Waals surface area (Å²) < 4.78 is 11.2. The molecule has 5 nitrogen and oxygen atoms in total. The molecule has 1 unspecified atom stereocenters. The van der Waals surface area contributed by atoms with Crippen molar-refractivity contribution in [3.05, 3.63) is 58.6 Å². The third-order valence-corrected chi connectivity index (χ3v) is 5.27. The maximum absolute atomic E-state index is 12.5. The lowest BCUT2D eigenvalue weighted by atomic mass is 10.1. The van der Waals surface area contributed by atoms with Gasteiger partial charge in [0.15, 0.2) is 6.10 Å². The van der Waals surface area contributed by atoms with Crippen molar-refractivity contribution < 1.29 is 14.3 Å². The van der Waals surface area contributed by atoms with E-state index in [1.54, 1.807) is 12.1 Å². The molecule has 28 heavy (non-hydrogen) atoms. The number of hydrogen-bond acceptors (Lipinski definition) is 4. The molecule has 3 rings (SSSR count). The normalized spacial score (nSPS) is 15.2. The van der Waals surface area contributed by atoms with E-state index in [1.807, 2.05) is 19.9 Å². The Balaban J connectivity index is 1.53. The molecule has 1 heterocycles. The van der Waals surface area contributed by atoms with Crippen molar-refractivity contribution in [3.63, 3.8) is 0 Å². The predicted molar refractivity (Wildman–Crippen MR) is 112 cm³/mol. The van der Waals surface area contributed by atoms with Gasteiger partial charge in [-0.2, -0.15) is 0 Å². The summed E-state index contributed by atoms with van der Waals surface area (Å²) >= 11 is 6.05. The SMILES string of the molecule is CCC(Oc1ccc(Cl)c(C)c1)C(=O)NCc1ccc(N2CCOCC2)cc1. The lowest BCUT2D eigenvalue weighted by Gasteiger charge is -2.29. The van der Waals surface area contributed by atoms with Crippen LogP contribution in [0.5, 0.6) is 5.75 Å². The zero-order chi connectivity index (χ0) is 19.9. The molecule has 0 radical (unpaired) electrons. The first-order valence-electron chi connectivity index (χ1n) is 9.69. The highest BCUT2D eigenvalue weighted by Crippen LogP contribution is 2.22. The van der Waals surface area contributed by atoms with E-state index < -0.39 is 6.10 Å². The molecule has 0 spiro atoms. The maximum atomic E-state index is 12.5. The van der Waals surface area contributed by atoms with Gasteiger partial charge in [0, 0.05) is 30.3 Å². The van der Waals surface area contributed by atoms with Gasteiger partial charge in [-0.05, 0) is 54.8 Å². The molecule has 0 aliphatic carbocycles. The number of nitrogens with zero attached hydrogens (tertiary/aromatic N) is 1. The van der Waals surface area contributed by atoms with Crippen molar-refractivity contribution in [1.29, 1.82) is 0 Å². The quantitative estimate of drug-likeness (QED) is 0.761. The first-order chi connectivity index (χ1) is 13.6. The molecule has 1 saturated heterocycles. The highest BCUT2D eigenvalue weighted by atomic mass is 35.5. The number of hydrogen-bond donors (Lipinski definition) is 1. The maximum Gasteiger partial charge on any atom is 0.261 e. The fourth-order valence-electron chi connectivity index (χ4n) is 3.13. The van der Waals surface area contributed by atoms with Crippen molar-refractivity contribution in [2.45, 2.75) is 32.9 Å². The number of ether oxygens (including phenoxy) is 2. The lowest BCUT2D eigenvalue weighted by molar-refractivity contribution is -0.128. The van der Waals surface area contributed by atoms with Crippen molar-refractivity contribution in [2.24, 2.45) is 0 Å². The molecule has 2 aromatic carbocycles. The Hall–Kier alpha value is -2.24. The Labute approximate surface area is 171 Å². The van der Waals surface area contributed by atoms with Crippen LogP contribution in [0.4, 0.5) is 5.69 Å². The number of aryl methyl sites for hydroxylation is 1. The molecule has 0 saturated carbocycles. The average Bonchev–Trinajstić information content (AvgIpc) is 2.73. The Morgan fingerprint density at radius 3 is 2.57 bits per heavy atom. The predicted octanol–water partition coefficient (Wildman–Crippen LogP) is 3.96. The number of halogens is 1. The fourth-order valence-corrected chi connectivity index (χ4v) is 3.24. The molecule has 1 atom stereocenters. The van der Waals surface area contributed by atoms with Crippen LogP contribution in [-0.4, -0.2) is 38.3 Å². The molecular formula is C22H27ClN2O3. The second-order valence-corrected chi connectivity index (χ2v) is 7.32. The largest absolute Gasteiger partial charge is 0.481 e. The summed E-state index contributed by atoms with van der Waals surface area (Å²) in [6.45, 7) is 7.68. The van der Waals surface area contributed by atoms with Crippen molar-refractivity contribution in [2.75, 3.05) is 31.2 Å². The van der Waals surface area contributed by atoms with E-state index in [9.17, 15) is 4.79 Å². The molecule has 1 aliphatic heterocycles. The Morgan fingerprint density at radius 2 is 1.93 bits per heavy atom. The van der Waals surface area contributed by atoms with E-state index in [-0.39, 0.29) is 5.91 Å². The van der Waals surface area contributed by atoms with Crippen LogP contribution in [0.2, 0.25) is 5.02 Å². The van der Waals surface area contributed by atoms with Crippen molar-refractivity contribution in [1.82, 2.24) is 5.32 Å².